The van der Waals surface area contributed by atoms with Crippen LogP contribution in [-0.4, -0.2) is 26.1 Å². The molecule has 1 aromatic carbocycles. The fourth-order valence-electron chi connectivity index (χ4n) is 1.51. The lowest BCUT2D eigenvalue weighted by Gasteiger charge is -2.08. The van der Waals surface area contributed by atoms with Crippen LogP contribution in [0.2, 0.25) is 0 Å². The maximum Gasteiger partial charge on any atom is 0.416 e. The van der Waals surface area contributed by atoms with Gasteiger partial charge in [-0.1, -0.05) is 24.8 Å². The molecule has 0 radical (unpaired) electrons. The molecule has 0 aliphatic rings. The summed E-state index contributed by atoms with van der Waals surface area (Å²) in [6.45, 7) is 3.13. The normalized spacial score (nSPS) is 11.6. The van der Waals surface area contributed by atoms with Gasteiger partial charge in [0.2, 0.25) is 0 Å². The van der Waals surface area contributed by atoms with Gasteiger partial charge in [0.05, 0.1) is 12.1 Å². The third-order valence-corrected chi connectivity index (χ3v) is 2.53. The number of benzene rings is 1. The monoisotopic (exact) mass is 297 g/mol. The molecule has 3 nitrogen and oxygen atoms in total. The Morgan fingerprint density at radius 2 is 2.05 bits per heavy atom. The van der Waals surface area contributed by atoms with Gasteiger partial charge in [0.15, 0.2) is 5.96 Å². The van der Waals surface area contributed by atoms with E-state index >= 15 is 0 Å². The highest BCUT2D eigenvalue weighted by Crippen LogP contribution is 2.29. The Morgan fingerprint density at radius 3 is 2.67 bits per heavy atom. The molecule has 2 N–H and O–H groups in total. The molecule has 1 aromatic rings. The minimum atomic E-state index is -4.35. The second-order valence-electron chi connectivity index (χ2n) is 4.23. The average molecular weight is 297 g/mol. The van der Waals surface area contributed by atoms with Crippen molar-refractivity contribution < 1.29 is 13.2 Å². The highest BCUT2D eigenvalue weighted by molar-refractivity contribution is 5.79. The lowest BCUT2D eigenvalue weighted by atomic mass is 10.1. The van der Waals surface area contributed by atoms with E-state index in [0.29, 0.717) is 18.1 Å². The van der Waals surface area contributed by atoms with Crippen molar-refractivity contribution in [1.29, 1.82) is 0 Å². The average Bonchev–Trinajstić information content (AvgIpc) is 2.46. The zero-order valence-corrected chi connectivity index (χ0v) is 12.0. The third kappa shape index (κ3) is 6.21. The van der Waals surface area contributed by atoms with Crippen LogP contribution in [0.1, 0.15) is 24.5 Å². The first kappa shape index (κ1) is 16.9. The highest BCUT2D eigenvalue weighted by atomic mass is 19.4. The van der Waals surface area contributed by atoms with Gasteiger partial charge in [-0.15, -0.1) is 0 Å². The van der Waals surface area contributed by atoms with Crippen LogP contribution in [0.3, 0.4) is 0 Å². The topological polar surface area (TPSA) is 36.4 Å². The number of rotatable bonds is 3. The summed E-state index contributed by atoms with van der Waals surface area (Å²) in [4.78, 5) is 3.99. The number of nitrogens with one attached hydrogen (secondary N) is 2. The first-order valence-corrected chi connectivity index (χ1v) is 6.58. The van der Waals surface area contributed by atoms with E-state index in [9.17, 15) is 13.2 Å². The Hall–Kier alpha value is -2.16. The Kier molecular flexibility index (Phi) is 6.60. The fourth-order valence-corrected chi connectivity index (χ4v) is 1.51. The van der Waals surface area contributed by atoms with E-state index < -0.39 is 11.7 Å². The van der Waals surface area contributed by atoms with Crippen molar-refractivity contribution in [1.82, 2.24) is 10.6 Å². The van der Waals surface area contributed by atoms with Gasteiger partial charge in [-0.3, -0.25) is 4.99 Å². The minimum absolute atomic E-state index is 0.305. The smallest absolute Gasteiger partial charge is 0.356 e. The second kappa shape index (κ2) is 8.20. The van der Waals surface area contributed by atoms with E-state index in [2.05, 4.69) is 27.5 Å². The molecular formula is C15H18F3N3. The maximum atomic E-state index is 12.5. The van der Waals surface area contributed by atoms with E-state index in [1.54, 1.807) is 13.1 Å². The van der Waals surface area contributed by atoms with Gasteiger partial charge in [-0.25, -0.2) is 0 Å². The zero-order valence-electron chi connectivity index (χ0n) is 12.0. The molecule has 1 rings (SSSR count). The first-order chi connectivity index (χ1) is 9.97. The molecule has 0 atom stereocenters. The molecule has 0 aliphatic heterocycles. The molecule has 0 unspecified atom stereocenters. The molecule has 0 aromatic heterocycles. The Balaban J connectivity index is 2.59. The number of hydrogen-bond acceptors (Lipinski definition) is 1. The van der Waals surface area contributed by atoms with Crippen molar-refractivity contribution in [3.8, 4) is 11.8 Å². The highest BCUT2D eigenvalue weighted by Gasteiger charge is 2.30. The third-order valence-electron chi connectivity index (χ3n) is 2.53. The number of aliphatic imine (C=N–C) groups is 1. The van der Waals surface area contributed by atoms with Crippen LogP contribution in [0.4, 0.5) is 13.2 Å². The fraction of sp³-hybridized carbons (Fsp3) is 0.400. The van der Waals surface area contributed by atoms with Crippen LogP contribution in [0.5, 0.6) is 0 Å². The van der Waals surface area contributed by atoms with E-state index in [1.807, 2.05) is 6.92 Å². The summed E-state index contributed by atoms with van der Waals surface area (Å²) < 4.78 is 37.6. The molecule has 6 heteroatoms. The quantitative estimate of drug-likeness (QED) is 0.511. The standard InChI is InChI=1S/C15H18F3N3/c1-3-9-20-14(19-2)21-10-5-7-12-6-4-8-13(11-12)15(16,17)18/h4,6,8,11H,3,9-10H2,1-2H3,(H2,19,20,21). The van der Waals surface area contributed by atoms with Gasteiger partial charge >= 0.3 is 6.18 Å². The molecule has 0 saturated heterocycles. The molecule has 0 bridgehead atoms. The maximum absolute atomic E-state index is 12.5. The number of guanidine groups is 1. The zero-order chi connectivity index (χ0) is 15.7. The van der Waals surface area contributed by atoms with E-state index in [1.165, 1.54) is 6.07 Å². The van der Waals surface area contributed by atoms with Crippen LogP contribution >= 0.6 is 0 Å². The van der Waals surface area contributed by atoms with Crippen LogP contribution in [0.25, 0.3) is 0 Å². The molecule has 0 fully saturated rings. The molecule has 0 aliphatic carbocycles. The van der Waals surface area contributed by atoms with Gasteiger partial charge in [0.1, 0.15) is 0 Å². The summed E-state index contributed by atoms with van der Waals surface area (Å²) >= 11 is 0. The molecular weight excluding hydrogens is 279 g/mol. The summed E-state index contributed by atoms with van der Waals surface area (Å²) in [5, 5.41) is 6.03. The number of alkyl halides is 3. The summed E-state index contributed by atoms with van der Waals surface area (Å²) in [5.41, 5.74) is -0.356. The van der Waals surface area contributed by atoms with E-state index in [0.717, 1.165) is 25.1 Å². The van der Waals surface area contributed by atoms with Crippen LogP contribution in [0, 0.1) is 11.8 Å². The van der Waals surface area contributed by atoms with Crippen LogP contribution < -0.4 is 10.6 Å². The van der Waals surface area contributed by atoms with E-state index in [4.69, 9.17) is 0 Å². The number of nitrogens with zero attached hydrogens (tertiary/aromatic N) is 1. The van der Waals surface area contributed by atoms with Crippen molar-refractivity contribution in [3.05, 3.63) is 35.4 Å². The van der Waals surface area contributed by atoms with Crippen molar-refractivity contribution in [2.24, 2.45) is 4.99 Å². The lowest BCUT2D eigenvalue weighted by Crippen LogP contribution is -2.37. The predicted octanol–water partition coefficient (Wildman–Crippen LogP) is 2.63. The molecule has 114 valence electrons. The number of hydrogen-bond donors (Lipinski definition) is 2. The Bertz CT molecular complexity index is 539. The summed E-state index contributed by atoms with van der Waals surface area (Å²) in [5.74, 6) is 6.09. The molecule has 0 spiro atoms. The molecule has 0 saturated carbocycles. The number of halogens is 3. The van der Waals surface area contributed by atoms with Crippen LogP contribution in [0.15, 0.2) is 29.3 Å². The van der Waals surface area contributed by atoms with Crippen molar-refractivity contribution in [3.63, 3.8) is 0 Å². The summed E-state index contributed by atoms with van der Waals surface area (Å²) in [6.07, 6.45) is -3.38. The SMILES string of the molecule is CCCNC(=NC)NCC#Cc1cccc(C(F)(F)F)c1. The van der Waals surface area contributed by atoms with Crippen molar-refractivity contribution in [2.45, 2.75) is 19.5 Å². The van der Waals surface area contributed by atoms with Gasteiger partial charge < -0.3 is 10.6 Å². The molecule has 0 heterocycles. The van der Waals surface area contributed by atoms with Crippen molar-refractivity contribution >= 4 is 5.96 Å². The summed E-state index contributed by atoms with van der Waals surface area (Å²) in [6, 6.07) is 4.96. The van der Waals surface area contributed by atoms with Gasteiger partial charge in [-0.05, 0) is 24.6 Å². The largest absolute Gasteiger partial charge is 0.416 e. The van der Waals surface area contributed by atoms with E-state index in [-0.39, 0.29) is 0 Å². The molecule has 21 heavy (non-hydrogen) atoms. The van der Waals surface area contributed by atoms with Crippen molar-refractivity contribution in [2.75, 3.05) is 20.1 Å². The van der Waals surface area contributed by atoms with Gasteiger partial charge in [0, 0.05) is 19.2 Å². The first-order valence-electron chi connectivity index (χ1n) is 6.58. The second-order valence-corrected chi connectivity index (χ2v) is 4.23. The predicted molar refractivity (Wildman–Crippen MR) is 78.0 cm³/mol. The molecule has 0 amide bonds. The summed E-state index contributed by atoms with van der Waals surface area (Å²) in [7, 11) is 1.64. The van der Waals surface area contributed by atoms with Gasteiger partial charge in [0.25, 0.3) is 0 Å². The van der Waals surface area contributed by atoms with Gasteiger partial charge in [-0.2, -0.15) is 13.2 Å². The minimum Gasteiger partial charge on any atom is -0.356 e. The Labute approximate surface area is 122 Å². The lowest BCUT2D eigenvalue weighted by molar-refractivity contribution is -0.137. The van der Waals surface area contributed by atoms with Crippen LogP contribution in [-0.2, 0) is 6.18 Å². The Morgan fingerprint density at radius 1 is 1.29 bits per heavy atom.